The van der Waals surface area contributed by atoms with Gasteiger partial charge in [-0.3, -0.25) is 9.59 Å². The number of H-pyrrole nitrogens is 1. The fourth-order valence-electron chi connectivity index (χ4n) is 4.15. The van der Waals surface area contributed by atoms with E-state index in [2.05, 4.69) is 20.6 Å². The lowest BCUT2D eigenvalue weighted by molar-refractivity contribution is 0.0683. The number of ketones is 2. The Hall–Kier alpha value is -5.77. The summed E-state index contributed by atoms with van der Waals surface area (Å²) in [7, 11) is 0. The van der Waals surface area contributed by atoms with E-state index in [1.807, 2.05) is 31.2 Å². The summed E-state index contributed by atoms with van der Waals surface area (Å²) < 4.78 is 0. The lowest BCUT2D eigenvalue weighted by atomic mass is 9.98. The summed E-state index contributed by atoms with van der Waals surface area (Å²) in [6, 6.07) is 27.3. The minimum absolute atomic E-state index is 0. The molecule has 0 unspecified atom stereocenters. The minimum Gasteiger partial charge on any atom is -0.478 e. The second-order valence-corrected chi connectivity index (χ2v) is 9.32. The molecular formula is C33H30N4O6. The number of hydrogen-bond acceptors (Lipinski definition) is 7. The number of nitrogens with zero attached hydrogens (tertiary/aromatic N) is 3. The molecular weight excluding hydrogens is 548 g/mol. The quantitative estimate of drug-likeness (QED) is 0.185. The summed E-state index contributed by atoms with van der Waals surface area (Å²) in [5, 5.41) is 31.8. The summed E-state index contributed by atoms with van der Waals surface area (Å²) in [6.07, 6.45) is 0.335. The Morgan fingerprint density at radius 1 is 0.628 bits per heavy atom. The lowest BCUT2D eigenvalue weighted by Gasteiger charge is -2.05. The second kappa shape index (κ2) is 14.7. The molecule has 5 rings (SSSR count). The number of benzene rings is 4. The highest BCUT2D eigenvalue weighted by molar-refractivity contribution is 6.07. The Kier molecular flexibility index (Phi) is 10.9. The van der Waals surface area contributed by atoms with E-state index < -0.39 is 11.9 Å². The van der Waals surface area contributed by atoms with E-state index in [1.54, 1.807) is 54.6 Å². The maximum atomic E-state index is 12.3. The number of Topliss-reactive ketones (excluding diaryl/α,β-unsaturated/α-hetero) is 2. The number of aromatic amines is 1. The topological polar surface area (TPSA) is 163 Å². The smallest absolute Gasteiger partial charge is 0.336 e. The first-order valence-corrected chi connectivity index (χ1v) is 12.8. The van der Waals surface area contributed by atoms with Crippen molar-refractivity contribution < 1.29 is 29.4 Å². The number of aromatic carboxylic acids is 2. The van der Waals surface area contributed by atoms with Gasteiger partial charge >= 0.3 is 11.9 Å². The van der Waals surface area contributed by atoms with Crippen LogP contribution in [-0.2, 0) is 12.8 Å². The highest BCUT2D eigenvalue weighted by Crippen LogP contribution is 2.17. The molecule has 0 fully saturated rings. The van der Waals surface area contributed by atoms with Gasteiger partial charge in [0.2, 0.25) is 5.82 Å². The number of hydrogen-bond donors (Lipinski definition) is 3. The van der Waals surface area contributed by atoms with Crippen LogP contribution in [-0.4, -0.2) is 54.3 Å². The molecule has 0 bridgehead atoms. The number of aromatic nitrogens is 4. The average Bonchev–Trinajstić information content (AvgIpc) is 3.54. The van der Waals surface area contributed by atoms with Gasteiger partial charge in [-0.05, 0) is 35.4 Å². The molecule has 1 heterocycles. The van der Waals surface area contributed by atoms with Gasteiger partial charge in [0.15, 0.2) is 11.6 Å². The number of aryl methyl sites for hydroxylation is 1. The molecule has 1 aromatic heterocycles. The summed E-state index contributed by atoms with van der Waals surface area (Å²) in [4.78, 5) is 46.8. The molecule has 218 valence electrons. The molecule has 0 atom stereocenters. The Morgan fingerprint density at radius 3 is 1.44 bits per heavy atom. The van der Waals surface area contributed by atoms with E-state index in [0.29, 0.717) is 5.82 Å². The van der Waals surface area contributed by atoms with Gasteiger partial charge in [0, 0.05) is 29.5 Å². The molecule has 43 heavy (non-hydrogen) atoms. The van der Waals surface area contributed by atoms with Crippen molar-refractivity contribution in [1.29, 1.82) is 0 Å². The van der Waals surface area contributed by atoms with E-state index in [0.717, 1.165) is 22.3 Å². The molecule has 4 aromatic carbocycles. The van der Waals surface area contributed by atoms with E-state index >= 15 is 0 Å². The van der Waals surface area contributed by atoms with Crippen molar-refractivity contribution >= 4 is 23.5 Å². The van der Waals surface area contributed by atoms with Gasteiger partial charge in [-0.15, -0.1) is 10.2 Å². The van der Waals surface area contributed by atoms with Crippen LogP contribution >= 0.6 is 0 Å². The molecule has 0 amide bonds. The van der Waals surface area contributed by atoms with E-state index in [-0.39, 0.29) is 54.1 Å². The molecule has 3 N–H and O–H groups in total. The van der Waals surface area contributed by atoms with Crippen molar-refractivity contribution in [2.45, 2.75) is 27.2 Å². The number of rotatable bonds is 9. The first-order valence-electron chi connectivity index (χ1n) is 12.8. The predicted molar refractivity (Wildman–Crippen MR) is 160 cm³/mol. The van der Waals surface area contributed by atoms with Crippen molar-refractivity contribution in [2.24, 2.45) is 0 Å². The van der Waals surface area contributed by atoms with Crippen molar-refractivity contribution in [2.75, 3.05) is 0 Å². The molecule has 5 aromatic rings. The first kappa shape index (κ1) is 31.8. The fraction of sp³-hybridized carbons (Fsp3) is 0.121. The molecule has 10 nitrogen and oxygen atoms in total. The summed E-state index contributed by atoms with van der Waals surface area (Å²) in [5.74, 6) is -2.13. The van der Waals surface area contributed by atoms with Gasteiger partial charge in [-0.25, -0.2) is 9.59 Å². The number of carboxylic acids is 2. The van der Waals surface area contributed by atoms with Gasteiger partial charge in [0.05, 0.1) is 11.1 Å². The van der Waals surface area contributed by atoms with Crippen LogP contribution in [0.5, 0.6) is 0 Å². The molecule has 10 heteroatoms. The number of nitrogens with one attached hydrogen (secondary N) is 1. The molecule has 0 radical (unpaired) electrons. The fourth-order valence-corrected chi connectivity index (χ4v) is 4.15. The Morgan fingerprint density at radius 2 is 1.05 bits per heavy atom. The van der Waals surface area contributed by atoms with Crippen molar-refractivity contribution in [3.8, 4) is 11.4 Å². The summed E-state index contributed by atoms with van der Waals surface area (Å²) in [6.45, 7) is 1.98. The number of carbonyl (C=O) groups excluding carboxylic acids is 2. The van der Waals surface area contributed by atoms with Gasteiger partial charge < -0.3 is 10.2 Å². The van der Waals surface area contributed by atoms with Crippen LogP contribution < -0.4 is 0 Å². The predicted octanol–water partition coefficient (Wildman–Crippen LogP) is 5.75. The van der Waals surface area contributed by atoms with Gasteiger partial charge in [0.25, 0.3) is 0 Å². The summed E-state index contributed by atoms with van der Waals surface area (Å²) in [5.41, 5.74) is 4.11. The van der Waals surface area contributed by atoms with Crippen LogP contribution in [0.3, 0.4) is 0 Å². The van der Waals surface area contributed by atoms with Crippen LogP contribution in [0.1, 0.15) is 65.5 Å². The van der Waals surface area contributed by atoms with Crippen molar-refractivity contribution in [3.63, 3.8) is 0 Å². The van der Waals surface area contributed by atoms with Crippen molar-refractivity contribution in [3.05, 3.63) is 136 Å². The molecule has 0 spiro atoms. The van der Waals surface area contributed by atoms with E-state index in [4.69, 9.17) is 10.2 Å². The zero-order chi connectivity index (χ0) is 30.1. The molecule has 0 aliphatic rings. The zero-order valence-corrected chi connectivity index (χ0v) is 22.5. The van der Waals surface area contributed by atoms with Crippen LogP contribution in [0.25, 0.3) is 11.4 Å². The lowest BCUT2D eigenvalue weighted by Crippen LogP contribution is -2.10. The molecule has 0 aliphatic carbocycles. The number of carboxylic acid groups (broad SMARTS) is 2. The normalized spacial score (nSPS) is 10.1. The second-order valence-electron chi connectivity index (χ2n) is 9.32. The third-order valence-corrected chi connectivity index (χ3v) is 6.32. The minimum atomic E-state index is -1.11. The van der Waals surface area contributed by atoms with E-state index in [1.165, 1.54) is 18.2 Å². The standard InChI is InChI=1S/C16H12N4O3.C16H14O3.CH4/c21-14(12-3-1-2-4-13(12)16(22)23)9-10-5-7-11(8-6-10)15-17-19-20-18-15;1-11-6-8-12(9-7-11)10-15(17)13-4-2-3-5-14(13)16(18)19;/h1-8H,9H2,(H,22,23)(H,17,18,19,20);2-9H,10H2,1H3,(H,18,19);1H4. The van der Waals surface area contributed by atoms with Crippen LogP contribution in [0.2, 0.25) is 0 Å². The average molecular weight is 579 g/mol. The Labute approximate surface area is 248 Å². The third-order valence-electron chi connectivity index (χ3n) is 6.32. The molecule has 0 saturated carbocycles. The SMILES string of the molecule is C.Cc1ccc(CC(=O)c2ccccc2C(=O)O)cc1.O=C(O)c1ccccc1C(=O)Cc1ccc(-c2nn[nH]n2)cc1. The summed E-state index contributed by atoms with van der Waals surface area (Å²) >= 11 is 0. The van der Waals surface area contributed by atoms with Crippen LogP contribution in [0, 0.1) is 6.92 Å². The third kappa shape index (κ3) is 8.37. The van der Waals surface area contributed by atoms with Crippen LogP contribution in [0.15, 0.2) is 97.1 Å². The van der Waals surface area contributed by atoms with Crippen molar-refractivity contribution in [1.82, 2.24) is 20.6 Å². The highest BCUT2D eigenvalue weighted by atomic mass is 16.4. The largest absolute Gasteiger partial charge is 0.478 e. The van der Waals surface area contributed by atoms with Crippen LogP contribution in [0.4, 0.5) is 0 Å². The number of tetrazole rings is 1. The highest BCUT2D eigenvalue weighted by Gasteiger charge is 2.17. The zero-order valence-electron chi connectivity index (χ0n) is 22.5. The Bertz CT molecular complexity index is 1710. The maximum Gasteiger partial charge on any atom is 0.336 e. The molecule has 0 saturated heterocycles. The maximum absolute atomic E-state index is 12.3. The van der Waals surface area contributed by atoms with E-state index in [9.17, 15) is 19.2 Å². The van der Waals surface area contributed by atoms with Gasteiger partial charge in [-0.1, -0.05) is 97.9 Å². The van der Waals surface area contributed by atoms with Gasteiger partial charge in [0.1, 0.15) is 0 Å². The monoisotopic (exact) mass is 578 g/mol. The van der Waals surface area contributed by atoms with Gasteiger partial charge in [-0.2, -0.15) is 5.21 Å². The molecule has 0 aliphatic heterocycles. The number of carbonyl (C=O) groups is 4. The Balaban J connectivity index is 0.000000234. The first-order chi connectivity index (χ1) is 20.2.